The SMILES string of the molecule is CNc1nc(-n2cc(-c3ccc(Cl)s3)nn2)nc2c1ncn2[C@@H]1C2C[C@@]2(C(C)=O)C(O)[C@H]1O. The lowest BCUT2D eigenvalue weighted by atomic mass is 9.95. The molecule has 6 rings (SSSR count). The summed E-state index contributed by atoms with van der Waals surface area (Å²) in [6, 6.07) is 3.13. The predicted molar refractivity (Wildman–Crippen MR) is 120 cm³/mol. The van der Waals surface area contributed by atoms with Crippen LogP contribution in [0.2, 0.25) is 4.34 Å². The summed E-state index contributed by atoms with van der Waals surface area (Å²) in [6.45, 7) is 1.47. The van der Waals surface area contributed by atoms with Gasteiger partial charge in [0.05, 0.1) is 39.3 Å². The molecule has 2 aliphatic rings. The highest BCUT2D eigenvalue weighted by molar-refractivity contribution is 7.19. The second kappa shape index (κ2) is 7.03. The Morgan fingerprint density at radius 2 is 2.15 bits per heavy atom. The van der Waals surface area contributed by atoms with Crippen LogP contribution in [-0.2, 0) is 4.79 Å². The van der Waals surface area contributed by atoms with E-state index in [1.54, 1.807) is 30.2 Å². The van der Waals surface area contributed by atoms with Crippen LogP contribution in [0.3, 0.4) is 0 Å². The third kappa shape index (κ3) is 2.81. The third-order valence-electron chi connectivity index (χ3n) is 6.82. The number of carbonyl (C=O) groups is 1. The van der Waals surface area contributed by atoms with Crippen LogP contribution in [0.4, 0.5) is 5.82 Å². The Morgan fingerprint density at radius 3 is 2.82 bits per heavy atom. The molecular formula is C20H19ClN8O3S. The van der Waals surface area contributed by atoms with Gasteiger partial charge in [-0.15, -0.1) is 16.4 Å². The Kier molecular flexibility index (Phi) is 4.40. The molecule has 2 fully saturated rings. The van der Waals surface area contributed by atoms with E-state index in [0.717, 1.165) is 4.88 Å². The molecule has 33 heavy (non-hydrogen) atoms. The number of imidazole rings is 1. The van der Waals surface area contributed by atoms with Gasteiger partial charge in [0, 0.05) is 7.05 Å². The first-order valence-electron chi connectivity index (χ1n) is 10.3. The van der Waals surface area contributed by atoms with E-state index in [1.165, 1.54) is 22.9 Å². The highest BCUT2D eigenvalue weighted by Crippen LogP contribution is 2.68. The van der Waals surface area contributed by atoms with E-state index >= 15 is 0 Å². The molecule has 2 saturated carbocycles. The highest BCUT2D eigenvalue weighted by Gasteiger charge is 2.74. The minimum absolute atomic E-state index is 0.110. The van der Waals surface area contributed by atoms with Gasteiger partial charge in [-0.2, -0.15) is 14.6 Å². The lowest BCUT2D eigenvalue weighted by Gasteiger charge is -2.23. The Hall–Kier alpha value is -2.93. The van der Waals surface area contributed by atoms with Crippen LogP contribution in [0.1, 0.15) is 19.4 Å². The van der Waals surface area contributed by atoms with E-state index in [0.29, 0.717) is 33.4 Å². The number of aromatic nitrogens is 7. The summed E-state index contributed by atoms with van der Waals surface area (Å²) in [4.78, 5) is 26.7. The number of rotatable bonds is 5. The first kappa shape index (κ1) is 20.7. The predicted octanol–water partition coefficient (Wildman–Crippen LogP) is 1.70. The normalized spacial score (nSPS) is 28.3. The molecule has 3 N–H and O–H groups in total. The standard InChI is InChI=1S/C20H19ClN8O3S/c1-8(30)20-5-9(20)14(15(31)16(20)32)28-7-23-13-17(22-2)24-19(25-18(13)28)29-6-10(26-27-29)11-3-4-12(21)33-11/h3-4,6-7,9,14-16,31-32H,5H2,1-2H3,(H,22,24,25)/t9?,14-,15+,16?,20+/m1/s1. The van der Waals surface area contributed by atoms with Gasteiger partial charge < -0.3 is 20.1 Å². The lowest BCUT2D eigenvalue weighted by Crippen LogP contribution is -2.36. The van der Waals surface area contributed by atoms with Gasteiger partial charge in [-0.3, -0.25) is 4.79 Å². The molecule has 2 unspecified atom stereocenters. The number of halogens is 1. The summed E-state index contributed by atoms with van der Waals surface area (Å²) in [5, 5.41) is 32.8. The Labute approximate surface area is 196 Å². The molecule has 5 atom stereocenters. The zero-order valence-electron chi connectivity index (χ0n) is 17.5. The number of Topliss-reactive ketones (excluding diaryl/α,β-unsaturated/α-hetero) is 1. The van der Waals surface area contributed by atoms with Gasteiger partial charge in [0.1, 0.15) is 17.6 Å². The lowest BCUT2D eigenvalue weighted by molar-refractivity contribution is -0.128. The number of nitrogens with zero attached hydrogens (tertiary/aromatic N) is 7. The Balaban J connectivity index is 1.45. The Morgan fingerprint density at radius 1 is 1.33 bits per heavy atom. The number of aliphatic hydroxyl groups excluding tert-OH is 2. The summed E-state index contributed by atoms with van der Waals surface area (Å²) >= 11 is 7.42. The molecule has 0 spiro atoms. The number of hydrogen-bond donors (Lipinski definition) is 3. The van der Waals surface area contributed by atoms with Gasteiger partial charge >= 0.3 is 0 Å². The number of hydrogen-bond acceptors (Lipinski definition) is 10. The van der Waals surface area contributed by atoms with Gasteiger partial charge in [-0.25, -0.2) is 4.98 Å². The average molecular weight is 487 g/mol. The maximum atomic E-state index is 12.2. The minimum Gasteiger partial charge on any atom is -0.389 e. The highest BCUT2D eigenvalue weighted by atomic mass is 35.5. The van der Waals surface area contributed by atoms with Crippen LogP contribution >= 0.6 is 22.9 Å². The molecular weight excluding hydrogens is 468 g/mol. The van der Waals surface area contributed by atoms with Crippen molar-refractivity contribution in [1.29, 1.82) is 0 Å². The van der Waals surface area contributed by atoms with Crippen LogP contribution in [-0.4, -0.2) is 69.8 Å². The molecule has 4 heterocycles. The van der Waals surface area contributed by atoms with Gasteiger partial charge in [0.15, 0.2) is 17.0 Å². The quantitative estimate of drug-likeness (QED) is 0.384. The smallest absolute Gasteiger partial charge is 0.256 e. The molecule has 4 aromatic heterocycles. The molecule has 0 bridgehead atoms. The van der Waals surface area contributed by atoms with Crippen molar-refractivity contribution in [2.24, 2.45) is 11.3 Å². The summed E-state index contributed by atoms with van der Waals surface area (Å²) in [6.07, 6.45) is 1.57. The molecule has 0 aliphatic heterocycles. The van der Waals surface area contributed by atoms with Crippen molar-refractivity contribution in [1.82, 2.24) is 34.5 Å². The van der Waals surface area contributed by atoms with Gasteiger partial charge in [0.2, 0.25) is 0 Å². The maximum absolute atomic E-state index is 12.2. The monoisotopic (exact) mass is 486 g/mol. The second-order valence-electron chi connectivity index (χ2n) is 8.43. The number of anilines is 1. The summed E-state index contributed by atoms with van der Waals surface area (Å²) in [5.74, 6) is 0.444. The third-order valence-corrected chi connectivity index (χ3v) is 8.07. The summed E-state index contributed by atoms with van der Waals surface area (Å²) < 4.78 is 3.84. The maximum Gasteiger partial charge on any atom is 0.256 e. The van der Waals surface area contributed by atoms with Crippen molar-refractivity contribution in [3.05, 3.63) is 29.0 Å². The van der Waals surface area contributed by atoms with Crippen molar-refractivity contribution < 1.29 is 15.0 Å². The fourth-order valence-electron chi connectivity index (χ4n) is 5.10. The van der Waals surface area contributed by atoms with Crippen LogP contribution in [0, 0.1) is 11.3 Å². The van der Waals surface area contributed by atoms with E-state index in [9.17, 15) is 15.0 Å². The van der Waals surface area contributed by atoms with Gasteiger partial charge in [-0.05, 0) is 31.4 Å². The van der Waals surface area contributed by atoms with E-state index in [2.05, 4.69) is 30.6 Å². The molecule has 0 aromatic carbocycles. The average Bonchev–Trinajstić information content (AvgIpc) is 3.20. The molecule has 0 amide bonds. The summed E-state index contributed by atoms with van der Waals surface area (Å²) in [7, 11) is 1.72. The molecule has 0 saturated heterocycles. The van der Waals surface area contributed by atoms with Gasteiger partial charge in [-0.1, -0.05) is 16.8 Å². The van der Waals surface area contributed by atoms with E-state index in [4.69, 9.17) is 11.6 Å². The number of ketones is 1. The number of nitrogens with one attached hydrogen (secondary N) is 1. The first-order valence-corrected chi connectivity index (χ1v) is 11.5. The van der Waals surface area contributed by atoms with Crippen molar-refractivity contribution in [2.45, 2.75) is 31.6 Å². The fourth-order valence-corrected chi connectivity index (χ4v) is 6.09. The largest absolute Gasteiger partial charge is 0.389 e. The Bertz CT molecular complexity index is 1420. The zero-order chi connectivity index (χ0) is 23.1. The molecule has 0 radical (unpaired) electrons. The molecule has 11 nitrogen and oxygen atoms in total. The van der Waals surface area contributed by atoms with Crippen LogP contribution in [0.15, 0.2) is 24.7 Å². The number of thiophene rings is 1. The second-order valence-corrected chi connectivity index (χ2v) is 10.1. The fraction of sp³-hybridized carbons (Fsp3) is 0.400. The van der Waals surface area contributed by atoms with Crippen LogP contribution < -0.4 is 5.32 Å². The van der Waals surface area contributed by atoms with Crippen molar-refractivity contribution in [3.8, 4) is 16.5 Å². The van der Waals surface area contributed by atoms with E-state index < -0.39 is 23.7 Å². The van der Waals surface area contributed by atoms with Crippen molar-refractivity contribution in [3.63, 3.8) is 0 Å². The summed E-state index contributed by atoms with van der Waals surface area (Å²) in [5.41, 5.74) is 0.705. The molecule has 2 aliphatic carbocycles. The molecule has 4 aromatic rings. The van der Waals surface area contributed by atoms with Crippen LogP contribution in [0.5, 0.6) is 0 Å². The van der Waals surface area contributed by atoms with E-state index in [1.807, 2.05) is 6.07 Å². The zero-order valence-corrected chi connectivity index (χ0v) is 19.1. The van der Waals surface area contributed by atoms with Crippen molar-refractivity contribution >= 4 is 45.7 Å². The molecule has 13 heteroatoms. The van der Waals surface area contributed by atoms with Crippen molar-refractivity contribution in [2.75, 3.05) is 12.4 Å². The van der Waals surface area contributed by atoms with Crippen LogP contribution in [0.25, 0.3) is 27.7 Å². The first-order chi connectivity index (χ1) is 15.8. The number of carbonyl (C=O) groups excluding carboxylic acids is 1. The molecule has 170 valence electrons. The van der Waals surface area contributed by atoms with Gasteiger partial charge in [0.25, 0.3) is 5.95 Å². The topological polar surface area (TPSA) is 144 Å². The number of aliphatic hydroxyl groups is 2. The van der Waals surface area contributed by atoms with E-state index in [-0.39, 0.29) is 17.6 Å². The number of fused-ring (bicyclic) bond motifs is 2. The minimum atomic E-state index is -1.12.